The summed E-state index contributed by atoms with van der Waals surface area (Å²) in [6.45, 7) is 2.71. The maximum absolute atomic E-state index is 8.96. The lowest BCUT2D eigenvalue weighted by Crippen LogP contribution is -2.01. The first kappa shape index (κ1) is 15.1. The lowest BCUT2D eigenvalue weighted by molar-refractivity contribution is 0.309. The van der Waals surface area contributed by atoms with Gasteiger partial charge in [-0.25, -0.2) is 0 Å². The Bertz CT molecular complexity index is 598. The summed E-state index contributed by atoms with van der Waals surface area (Å²) in [7, 11) is 0. The molecule has 0 radical (unpaired) electrons. The van der Waals surface area contributed by atoms with Crippen molar-refractivity contribution >= 4 is 5.69 Å². The number of nitriles is 3. The summed E-state index contributed by atoms with van der Waals surface area (Å²) in [5.41, 5.74) is 0.282. The monoisotopic (exact) mass is 266 g/mol. The van der Waals surface area contributed by atoms with Gasteiger partial charge in [0, 0.05) is 11.8 Å². The molecule has 0 bridgehead atoms. The number of nitrogens with zero attached hydrogens (tertiary/aromatic N) is 3. The zero-order chi connectivity index (χ0) is 14.8. The van der Waals surface area contributed by atoms with Crippen LogP contribution in [0, 0.1) is 34.0 Å². The molecule has 0 aromatic heterocycles. The van der Waals surface area contributed by atoms with Gasteiger partial charge in [0.1, 0.15) is 29.7 Å². The van der Waals surface area contributed by atoms with E-state index >= 15 is 0 Å². The van der Waals surface area contributed by atoms with Crippen molar-refractivity contribution in [2.45, 2.75) is 19.8 Å². The van der Waals surface area contributed by atoms with Crippen molar-refractivity contribution < 1.29 is 4.74 Å². The summed E-state index contributed by atoms with van der Waals surface area (Å²) in [5.74, 6) is 0.677. The lowest BCUT2D eigenvalue weighted by Gasteiger charge is -2.08. The van der Waals surface area contributed by atoms with Gasteiger partial charge < -0.3 is 10.1 Å². The van der Waals surface area contributed by atoms with E-state index in [2.05, 4.69) is 12.2 Å². The molecule has 100 valence electrons. The number of hydrogen-bond acceptors (Lipinski definition) is 5. The van der Waals surface area contributed by atoms with E-state index in [-0.39, 0.29) is 11.3 Å². The van der Waals surface area contributed by atoms with Gasteiger partial charge in [-0.2, -0.15) is 15.8 Å². The molecule has 5 nitrogen and oxygen atoms in total. The van der Waals surface area contributed by atoms with Crippen LogP contribution in [0.25, 0.3) is 0 Å². The van der Waals surface area contributed by atoms with Gasteiger partial charge in [-0.1, -0.05) is 19.4 Å². The number of nitrogens with one attached hydrogen (secondary N) is 1. The van der Waals surface area contributed by atoms with E-state index in [1.165, 1.54) is 0 Å². The van der Waals surface area contributed by atoms with Crippen LogP contribution in [0.5, 0.6) is 5.75 Å². The van der Waals surface area contributed by atoms with Crippen molar-refractivity contribution in [2.24, 2.45) is 0 Å². The molecule has 20 heavy (non-hydrogen) atoms. The van der Waals surface area contributed by atoms with Crippen LogP contribution in [-0.2, 0) is 0 Å². The number of ether oxygens (including phenoxy) is 1. The first-order valence-corrected chi connectivity index (χ1v) is 6.19. The third-order valence-electron chi connectivity index (χ3n) is 2.46. The molecular weight excluding hydrogens is 252 g/mol. The first-order valence-electron chi connectivity index (χ1n) is 6.19. The maximum atomic E-state index is 8.96. The van der Waals surface area contributed by atoms with E-state index in [1.807, 2.05) is 6.07 Å². The van der Waals surface area contributed by atoms with Gasteiger partial charge in [-0.15, -0.1) is 0 Å². The fourth-order valence-corrected chi connectivity index (χ4v) is 1.43. The Kier molecular flexibility index (Phi) is 6.18. The van der Waals surface area contributed by atoms with E-state index in [9.17, 15) is 0 Å². The average Bonchev–Trinajstić information content (AvgIpc) is 2.48. The van der Waals surface area contributed by atoms with E-state index < -0.39 is 0 Å². The Balaban J connectivity index is 2.86. The van der Waals surface area contributed by atoms with E-state index in [1.54, 1.807) is 36.4 Å². The van der Waals surface area contributed by atoms with E-state index in [4.69, 9.17) is 20.5 Å². The van der Waals surface area contributed by atoms with Crippen molar-refractivity contribution in [3.05, 3.63) is 35.5 Å². The molecule has 0 unspecified atom stereocenters. The smallest absolute Gasteiger partial charge is 0.163 e. The number of allylic oxidation sites excluding steroid dienone is 2. The molecular formula is C15H14N4O. The van der Waals surface area contributed by atoms with Crippen molar-refractivity contribution in [2.75, 3.05) is 11.9 Å². The molecule has 0 spiro atoms. The van der Waals surface area contributed by atoms with Crippen LogP contribution >= 0.6 is 0 Å². The quantitative estimate of drug-likeness (QED) is 0.630. The Labute approximate surface area is 118 Å². The molecule has 1 aromatic carbocycles. The third kappa shape index (κ3) is 4.37. The highest BCUT2D eigenvalue weighted by Crippen LogP contribution is 2.19. The molecule has 1 N–H and O–H groups in total. The minimum Gasteiger partial charge on any atom is -0.494 e. The second-order valence-electron chi connectivity index (χ2n) is 3.94. The van der Waals surface area contributed by atoms with Crippen LogP contribution in [0.2, 0.25) is 0 Å². The van der Waals surface area contributed by atoms with E-state index in [0.717, 1.165) is 12.8 Å². The van der Waals surface area contributed by atoms with Crippen LogP contribution in [0.3, 0.4) is 0 Å². The highest BCUT2D eigenvalue weighted by Gasteiger charge is 2.06. The summed E-state index contributed by atoms with van der Waals surface area (Å²) >= 11 is 0. The Hall–Kier alpha value is -2.97. The maximum Gasteiger partial charge on any atom is 0.163 e. The second kappa shape index (κ2) is 8.19. The van der Waals surface area contributed by atoms with Crippen molar-refractivity contribution in [1.82, 2.24) is 0 Å². The summed E-state index contributed by atoms with van der Waals surface area (Å²) in [6.07, 6.45) is 2.01. The summed E-state index contributed by atoms with van der Waals surface area (Å²) in [4.78, 5) is 0. The molecule has 0 fully saturated rings. The van der Waals surface area contributed by atoms with Gasteiger partial charge in [0.25, 0.3) is 0 Å². The normalized spacial score (nSPS) is 8.70. The van der Waals surface area contributed by atoms with Gasteiger partial charge in [0.2, 0.25) is 0 Å². The molecule has 0 saturated heterocycles. The summed E-state index contributed by atoms with van der Waals surface area (Å²) in [5, 5.41) is 29.2. The number of unbranched alkanes of at least 4 members (excludes halogenated alkanes) is 1. The predicted octanol–water partition coefficient (Wildman–Crippen LogP) is 3.10. The van der Waals surface area contributed by atoms with Crippen LogP contribution in [0.15, 0.2) is 35.5 Å². The molecule has 0 amide bonds. The topological polar surface area (TPSA) is 92.6 Å². The third-order valence-corrected chi connectivity index (χ3v) is 2.46. The standard InChI is InChI=1S/C15H14N4O/c1-2-3-7-20-14-6-4-5-13(8-14)19-15(11-18)12(9-16)10-17/h4-6,8,19H,2-3,7H2,1H3. The number of benzene rings is 1. The van der Waals surface area contributed by atoms with Crippen LogP contribution in [0.1, 0.15) is 19.8 Å². The Morgan fingerprint density at radius 2 is 1.95 bits per heavy atom. The summed E-state index contributed by atoms with van der Waals surface area (Å²) in [6, 6.07) is 12.2. The zero-order valence-electron chi connectivity index (χ0n) is 11.2. The Morgan fingerprint density at radius 1 is 1.20 bits per heavy atom. The van der Waals surface area contributed by atoms with Crippen molar-refractivity contribution in [1.29, 1.82) is 15.8 Å². The second-order valence-corrected chi connectivity index (χ2v) is 3.94. The number of rotatable bonds is 6. The fraction of sp³-hybridized carbons (Fsp3) is 0.267. The molecule has 1 rings (SSSR count). The van der Waals surface area contributed by atoms with Gasteiger partial charge in [0.15, 0.2) is 5.57 Å². The predicted molar refractivity (Wildman–Crippen MR) is 74.3 cm³/mol. The fourth-order valence-electron chi connectivity index (χ4n) is 1.43. The highest BCUT2D eigenvalue weighted by molar-refractivity contribution is 5.59. The van der Waals surface area contributed by atoms with Crippen LogP contribution in [-0.4, -0.2) is 6.61 Å². The molecule has 5 heteroatoms. The highest BCUT2D eigenvalue weighted by atomic mass is 16.5. The number of hydrogen-bond donors (Lipinski definition) is 1. The molecule has 0 atom stereocenters. The molecule has 0 aliphatic heterocycles. The minimum atomic E-state index is -0.246. The van der Waals surface area contributed by atoms with Gasteiger partial charge >= 0.3 is 0 Å². The summed E-state index contributed by atoms with van der Waals surface area (Å²) < 4.78 is 5.55. The van der Waals surface area contributed by atoms with Gasteiger partial charge in [0.05, 0.1) is 6.61 Å². The van der Waals surface area contributed by atoms with Crippen LogP contribution < -0.4 is 10.1 Å². The largest absolute Gasteiger partial charge is 0.494 e. The van der Waals surface area contributed by atoms with Crippen molar-refractivity contribution in [3.8, 4) is 24.0 Å². The van der Waals surface area contributed by atoms with Crippen molar-refractivity contribution in [3.63, 3.8) is 0 Å². The van der Waals surface area contributed by atoms with Gasteiger partial charge in [-0.05, 0) is 18.6 Å². The van der Waals surface area contributed by atoms with Crippen LogP contribution in [0.4, 0.5) is 5.69 Å². The minimum absolute atomic E-state index is 0.0688. The SMILES string of the molecule is CCCCOc1cccc(NC(C#N)=C(C#N)C#N)c1. The molecule has 0 aliphatic carbocycles. The molecule has 0 aliphatic rings. The zero-order valence-corrected chi connectivity index (χ0v) is 11.2. The molecule has 0 heterocycles. The number of anilines is 1. The molecule has 1 aromatic rings. The Morgan fingerprint density at radius 3 is 2.55 bits per heavy atom. The first-order chi connectivity index (χ1) is 9.74. The lowest BCUT2D eigenvalue weighted by atomic mass is 10.2. The molecule has 0 saturated carbocycles. The van der Waals surface area contributed by atoms with Gasteiger partial charge in [-0.3, -0.25) is 0 Å². The van der Waals surface area contributed by atoms with E-state index in [0.29, 0.717) is 18.0 Å². The average molecular weight is 266 g/mol.